The zero-order chi connectivity index (χ0) is 67.2. The van der Waals surface area contributed by atoms with E-state index in [9.17, 15) is 39.0 Å². The van der Waals surface area contributed by atoms with Gasteiger partial charge in [-0.25, -0.2) is 18.7 Å². The van der Waals surface area contributed by atoms with Crippen molar-refractivity contribution in [3.8, 4) is 22.8 Å². The molecule has 4 amide bonds. The highest BCUT2D eigenvalue weighted by Gasteiger charge is 2.45. The second-order valence-electron chi connectivity index (χ2n) is 27.4. The van der Waals surface area contributed by atoms with E-state index in [0.29, 0.717) is 112 Å². The van der Waals surface area contributed by atoms with Gasteiger partial charge in [0.25, 0.3) is 11.1 Å². The maximum absolute atomic E-state index is 15.2. The quantitative estimate of drug-likeness (QED) is 0.0394. The fourth-order valence-corrected chi connectivity index (χ4v) is 14.7. The fraction of sp³-hybridized carbons (Fsp3) is 0.493. The summed E-state index contributed by atoms with van der Waals surface area (Å²) in [5.41, 5.74) is 6.92. The maximum atomic E-state index is 15.2. The van der Waals surface area contributed by atoms with Crippen LogP contribution in [0.2, 0.25) is 0 Å². The molecule has 7 aliphatic rings. The normalized spacial score (nSPS) is 21.1. The highest BCUT2D eigenvalue weighted by molar-refractivity contribution is 5.95. The van der Waals surface area contributed by atoms with E-state index in [4.69, 9.17) is 28.9 Å². The zero-order valence-electron chi connectivity index (χ0n) is 54.9. The van der Waals surface area contributed by atoms with E-state index < -0.39 is 29.5 Å². The van der Waals surface area contributed by atoms with Crippen LogP contribution in [0.1, 0.15) is 179 Å². The Hall–Kier alpha value is -8.22. The Morgan fingerprint density at radius 3 is 1.68 bits per heavy atom. The second-order valence-corrected chi connectivity index (χ2v) is 27.4. The van der Waals surface area contributed by atoms with E-state index in [2.05, 4.69) is 55.2 Å². The van der Waals surface area contributed by atoms with Crippen LogP contribution in [0, 0.1) is 30.9 Å². The summed E-state index contributed by atoms with van der Waals surface area (Å²) in [6.45, 7) is 25.7. The van der Waals surface area contributed by atoms with E-state index in [1.165, 1.54) is 12.1 Å². The van der Waals surface area contributed by atoms with E-state index >= 15 is 8.78 Å². The number of rotatable bonds is 16. The smallest absolute Gasteiger partial charge is 0.258 e. The number of amides is 4. The molecule has 6 N–H and O–H groups in total. The van der Waals surface area contributed by atoms with Gasteiger partial charge in [0, 0.05) is 64.2 Å². The van der Waals surface area contributed by atoms with Crippen molar-refractivity contribution in [2.75, 3.05) is 33.0 Å². The third kappa shape index (κ3) is 11.6. The molecule has 4 aromatic heterocycles. The van der Waals surface area contributed by atoms with Gasteiger partial charge in [0.2, 0.25) is 23.6 Å². The van der Waals surface area contributed by atoms with Crippen LogP contribution in [-0.2, 0) is 88.5 Å². The van der Waals surface area contributed by atoms with Gasteiger partial charge in [-0.3, -0.25) is 28.8 Å². The highest BCUT2D eigenvalue weighted by atomic mass is 19.1. The summed E-state index contributed by atoms with van der Waals surface area (Å²) in [5, 5.41) is 36.7. The summed E-state index contributed by atoms with van der Waals surface area (Å²) in [4.78, 5) is 90.8. The number of halogens is 2. The summed E-state index contributed by atoms with van der Waals surface area (Å²) < 4.78 is 56.4. The summed E-state index contributed by atoms with van der Waals surface area (Å²) >= 11 is 0. The Morgan fingerprint density at radius 1 is 0.723 bits per heavy atom. The molecule has 94 heavy (non-hydrogen) atoms. The Labute approximate surface area is 543 Å². The first kappa shape index (κ1) is 65.8. The molecule has 1 fully saturated rings. The van der Waals surface area contributed by atoms with Gasteiger partial charge >= 0.3 is 0 Å². The van der Waals surface area contributed by atoms with Gasteiger partial charge in [-0.2, -0.15) is 0 Å². The number of ether oxygens (including phenoxy) is 4. The highest BCUT2D eigenvalue weighted by Crippen LogP contribution is 2.49. The van der Waals surface area contributed by atoms with E-state index in [1.54, 1.807) is 53.9 Å². The molecule has 13 rings (SSSR count). The first-order chi connectivity index (χ1) is 44.7. The Kier molecular flexibility index (Phi) is 17.6. The number of benzene rings is 2. The largest absolute Gasteiger partial charge is 0.490 e. The van der Waals surface area contributed by atoms with Gasteiger partial charge in [-0.15, -0.1) is 0 Å². The number of likely N-dealkylation sites (tertiary alicyclic amines) is 1. The maximum Gasteiger partial charge on any atom is 0.258 e. The number of aryl methyl sites for hydroxylation is 2. The van der Waals surface area contributed by atoms with Crippen molar-refractivity contribution in [3.63, 3.8) is 0 Å². The van der Waals surface area contributed by atoms with Crippen molar-refractivity contribution >= 4 is 45.4 Å². The molecule has 1 saturated heterocycles. The van der Waals surface area contributed by atoms with Gasteiger partial charge in [0.1, 0.15) is 73.7 Å². The molecule has 5 aliphatic heterocycles. The fourth-order valence-electron chi connectivity index (χ4n) is 14.7. The van der Waals surface area contributed by atoms with E-state index in [0.717, 1.165) is 57.0 Å². The topological polar surface area (TPSA) is 267 Å². The molecule has 6 aromatic rings. The number of fused-ring (bicyclic) bond motifs is 10. The second kappa shape index (κ2) is 25.2. The molecule has 23 heteroatoms. The molecule has 2 aliphatic carbocycles. The van der Waals surface area contributed by atoms with Gasteiger partial charge < -0.3 is 64.5 Å². The van der Waals surface area contributed by atoms with Crippen molar-refractivity contribution in [3.05, 3.63) is 148 Å². The van der Waals surface area contributed by atoms with Gasteiger partial charge in [-0.1, -0.05) is 61.6 Å². The van der Waals surface area contributed by atoms with E-state index in [1.807, 2.05) is 13.8 Å². The molecule has 0 spiro atoms. The number of hydrogen-bond donors (Lipinski definition) is 6. The van der Waals surface area contributed by atoms with Gasteiger partial charge in [-0.05, 0) is 123 Å². The molecule has 21 nitrogen and oxygen atoms in total. The average Bonchev–Trinajstić information content (AvgIpc) is 1.50. The predicted octanol–water partition coefficient (Wildman–Crippen LogP) is 8.12. The molecule has 498 valence electrons. The Bertz CT molecular complexity index is 4340. The minimum absolute atomic E-state index is 0.000306. The monoisotopic (exact) mass is 1290 g/mol. The molecule has 9 heterocycles. The lowest BCUT2D eigenvalue weighted by Gasteiger charge is -2.35. The number of nitrogens with zero attached hydrogens (tertiary/aromatic N) is 5. The van der Waals surface area contributed by atoms with Crippen molar-refractivity contribution in [1.82, 2.24) is 45.3 Å². The van der Waals surface area contributed by atoms with Crippen LogP contribution >= 0.6 is 0 Å². The van der Waals surface area contributed by atoms with E-state index in [-0.39, 0.29) is 135 Å². The summed E-state index contributed by atoms with van der Waals surface area (Å²) in [6.07, 6.45) is 4.73. The molecular weight excluding hydrogens is 1210 g/mol. The summed E-state index contributed by atoms with van der Waals surface area (Å²) in [5.74, 6) is -1.24. The minimum atomic E-state index is -1.53. The van der Waals surface area contributed by atoms with Crippen LogP contribution in [0.25, 0.3) is 44.6 Å². The first-order valence-corrected chi connectivity index (χ1v) is 32.7. The molecule has 0 saturated carbocycles. The van der Waals surface area contributed by atoms with Crippen LogP contribution in [0.15, 0.2) is 58.5 Å². The molecule has 0 bridgehead atoms. The van der Waals surface area contributed by atoms with Crippen molar-refractivity contribution in [2.45, 2.75) is 188 Å². The van der Waals surface area contributed by atoms with Gasteiger partial charge in [0.15, 0.2) is 0 Å². The average molecular weight is 1290 g/mol. The number of carbonyl (C=O) groups excluding carboxylic acids is 4. The molecular formula is C71H83F2N9O12. The number of aromatic nitrogens is 4. The van der Waals surface area contributed by atoms with Crippen molar-refractivity contribution in [2.24, 2.45) is 5.41 Å². The molecule has 2 aromatic carbocycles. The first-order valence-electron chi connectivity index (χ1n) is 32.7. The Balaban J connectivity index is 0.000000181. The lowest BCUT2D eigenvalue weighted by molar-refractivity contribution is -0.146. The van der Waals surface area contributed by atoms with Crippen LogP contribution in [0.5, 0.6) is 0 Å². The lowest BCUT2D eigenvalue weighted by Crippen LogP contribution is -2.44. The van der Waals surface area contributed by atoms with Crippen molar-refractivity contribution in [1.29, 1.82) is 0 Å². The summed E-state index contributed by atoms with van der Waals surface area (Å²) in [6, 6.07) is 5.68. The zero-order valence-corrected chi connectivity index (χ0v) is 54.9. The number of nitrogens with one attached hydrogen (secondary N) is 4. The van der Waals surface area contributed by atoms with Crippen LogP contribution < -0.4 is 32.4 Å². The minimum Gasteiger partial charge on any atom is -0.490 e. The molecule has 1 unspecified atom stereocenters. The third-order valence-electron chi connectivity index (χ3n) is 20.1. The van der Waals surface area contributed by atoms with Crippen LogP contribution in [-0.4, -0.2) is 103 Å². The molecule has 5 atom stereocenters. The predicted molar refractivity (Wildman–Crippen MR) is 347 cm³/mol. The van der Waals surface area contributed by atoms with Crippen LogP contribution in [0.3, 0.4) is 0 Å². The SMILES string of the molecule is C=C1OCc2c(cc3n(c2=O)Cc2c-3nc3cc(F)c(C)c4c3c2[C@@H](NC(=O)COC2CCCN2C(=O)CNC(C)C)CC4)[C@@]1(O)CC.C=C1OCc2c(cc3n(c2=O)Cc2c-3nc3cc(F)c(C)c4c3c2[C@@H](NC(=O)COCNC(=O)CCC(C)(C)C)CC4)[C@@]1(O)CC. The summed E-state index contributed by atoms with van der Waals surface area (Å²) in [7, 11) is 0. The van der Waals surface area contributed by atoms with Crippen molar-refractivity contribution < 1.29 is 57.1 Å². The third-order valence-corrected chi connectivity index (χ3v) is 20.1. The number of hydrogen-bond acceptors (Lipinski definition) is 15. The van der Waals surface area contributed by atoms with Crippen LogP contribution in [0.4, 0.5) is 8.78 Å². The number of pyridine rings is 4. The standard InChI is InChI=1S/C36H42FN5O6.C35H41FN4O6/c1-6-36(46)20(5)47-16-23-24(36)12-28-34-22(15-42(28)35(23)45)33-26(10-9-21-19(4)25(37)13-27(40-34)32(21)33)39-29(43)17-48-31-8-7-11-41(31)30(44)14-38-18(2)3;1-7-35(44)19(3)46-15-22-23(35)12-27-32-21(14-40(27)33(22)43)31-25(9-8-20-18(2)24(36)13-26(39-32)30(20)31)38-29(42)16-45-17-37-28(41)10-11-34(4,5)6/h12-13,18,26,31,38,46H,5-11,14-17H2,1-4H3,(H,39,43);12-13,25,44H,3,7-11,14-17H2,1-2,4-6H3,(H,37,41)(H,38,42)/t26-,31?,36+;25-,35+/m00/s1. The number of aliphatic hydroxyl groups is 2. The Morgan fingerprint density at radius 2 is 1.21 bits per heavy atom. The number of carbonyl (C=O) groups is 4. The van der Waals surface area contributed by atoms with Gasteiger partial charge in [0.05, 0.1) is 76.7 Å². The molecule has 0 radical (unpaired) electrons. The lowest BCUT2D eigenvalue weighted by atomic mass is 9.81.